The number of carboxylic acid groups (broad SMARTS) is 1. The van der Waals surface area contributed by atoms with E-state index in [1.54, 1.807) is 19.9 Å². The number of ether oxygens (including phenoxy) is 4. The zero-order valence-electron chi connectivity index (χ0n) is 24.6. The van der Waals surface area contributed by atoms with Gasteiger partial charge < -0.3 is 34.3 Å². The molecule has 0 bridgehead atoms. The molecule has 0 saturated carbocycles. The summed E-state index contributed by atoms with van der Waals surface area (Å²) in [5.41, 5.74) is 1.33. The molecule has 0 aromatic heterocycles. The first kappa shape index (κ1) is 38.3. The molecule has 0 heterocycles. The zero-order chi connectivity index (χ0) is 34.9. The van der Waals surface area contributed by atoms with Crippen molar-refractivity contribution in [1.29, 1.82) is 0 Å². The molecule has 1 atom stereocenters. The fraction of sp³-hybridized carbons (Fsp3) is 0.500. The van der Waals surface area contributed by atoms with Crippen LogP contribution in [0.15, 0.2) is 42.5 Å². The van der Waals surface area contributed by atoms with Gasteiger partial charge in [0.2, 0.25) is 0 Å². The van der Waals surface area contributed by atoms with Gasteiger partial charge in [-0.25, -0.2) is 9.59 Å². The number of nitrogens with one attached hydrogen (secondary N) is 1. The second-order valence-corrected chi connectivity index (χ2v) is 9.61. The van der Waals surface area contributed by atoms with Crippen molar-refractivity contribution >= 4 is 17.7 Å². The standard InChI is InChI=1S/C28H31F9N2O7/c1-4-44-22(23(40)41)16-18-6-8-19(9-7-18)45-13-11-39(24(42)38-20-15-17(2)5-10-21(20)43-3)12-14-46-28(36,37)26(31,32)25(29,30)27(33,34)35/h5-10,15,22H,4,11-14,16H2,1-3H3,(H,38,42)(H,40,41). The molecule has 258 valence electrons. The van der Waals surface area contributed by atoms with Crippen LogP contribution in [0.4, 0.5) is 50.0 Å². The molecule has 46 heavy (non-hydrogen) atoms. The van der Waals surface area contributed by atoms with Crippen LogP contribution in [-0.4, -0.2) is 92.3 Å². The number of carbonyl (C=O) groups is 2. The molecule has 0 radical (unpaired) electrons. The van der Waals surface area contributed by atoms with E-state index in [0.29, 0.717) is 16.0 Å². The lowest BCUT2D eigenvalue weighted by atomic mass is 10.1. The summed E-state index contributed by atoms with van der Waals surface area (Å²) in [6.45, 7) is 0.0899. The van der Waals surface area contributed by atoms with E-state index in [-0.39, 0.29) is 36.8 Å². The van der Waals surface area contributed by atoms with Crippen molar-refractivity contribution in [2.45, 2.75) is 50.5 Å². The Bertz CT molecular complexity index is 1310. The van der Waals surface area contributed by atoms with E-state index < -0.39 is 61.9 Å². The van der Waals surface area contributed by atoms with Gasteiger partial charge in [-0.05, 0) is 49.2 Å². The van der Waals surface area contributed by atoms with Crippen LogP contribution in [0.3, 0.4) is 0 Å². The fourth-order valence-electron chi connectivity index (χ4n) is 3.79. The molecular weight excluding hydrogens is 647 g/mol. The van der Waals surface area contributed by atoms with E-state index in [1.165, 1.54) is 43.5 Å². The largest absolute Gasteiger partial charge is 0.495 e. The number of aryl methyl sites for hydroxylation is 1. The number of rotatable bonds is 17. The van der Waals surface area contributed by atoms with Gasteiger partial charge >= 0.3 is 36.1 Å². The molecule has 2 N–H and O–H groups in total. The van der Waals surface area contributed by atoms with Crippen molar-refractivity contribution < 1.29 is 73.2 Å². The molecule has 2 rings (SSSR count). The normalized spacial score (nSPS) is 13.2. The fourth-order valence-corrected chi connectivity index (χ4v) is 3.79. The lowest BCUT2D eigenvalue weighted by Gasteiger charge is -2.33. The van der Waals surface area contributed by atoms with Crippen molar-refractivity contribution in [3.05, 3.63) is 53.6 Å². The molecule has 9 nitrogen and oxygen atoms in total. The number of hydrogen-bond donors (Lipinski definition) is 2. The number of aliphatic carboxylic acids is 1. The van der Waals surface area contributed by atoms with E-state index >= 15 is 0 Å². The maximum absolute atomic E-state index is 13.9. The predicted molar refractivity (Wildman–Crippen MR) is 144 cm³/mol. The number of methoxy groups -OCH3 is 1. The predicted octanol–water partition coefficient (Wildman–Crippen LogP) is 6.39. The number of alkyl halides is 9. The highest BCUT2D eigenvalue weighted by Crippen LogP contribution is 2.53. The summed E-state index contributed by atoms with van der Waals surface area (Å²) in [5, 5.41) is 11.6. The second-order valence-electron chi connectivity index (χ2n) is 9.61. The lowest BCUT2D eigenvalue weighted by molar-refractivity contribution is -0.443. The first-order valence-electron chi connectivity index (χ1n) is 13.4. The average Bonchev–Trinajstić information content (AvgIpc) is 2.96. The third-order valence-electron chi connectivity index (χ3n) is 6.26. The van der Waals surface area contributed by atoms with Crippen LogP contribution in [0.2, 0.25) is 0 Å². The van der Waals surface area contributed by atoms with E-state index in [4.69, 9.17) is 14.2 Å². The highest BCUT2D eigenvalue weighted by atomic mass is 19.4. The first-order valence-corrected chi connectivity index (χ1v) is 13.4. The Morgan fingerprint density at radius 3 is 2.07 bits per heavy atom. The van der Waals surface area contributed by atoms with Crippen LogP contribution in [0.25, 0.3) is 0 Å². The van der Waals surface area contributed by atoms with Gasteiger partial charge in [-0.3, -0.25) is 0 Å². The van der Waals surface area contributed by atoms with Crippen LogP contribution in [0, 0.1) is 6.92 Å². The van der Waals surface area contributed by atoms with Gasteiger partial charge in [-0.15, -0.1) is 0 Å². The van der Waals surface area contributed by atoms with E-state index in [1.807, 2.05) is 0 Å². The molecule has 2 aromatic carbocycles. The van der Waals surface area contributed by atoms with Crippen LogP contribution in [0.1, 0.15) is 18.1 Å². The van der Waals surface area contributed by atoms with Crippen molar-refractivity contribution in [3.8, 4) is 11.5 Å². The molecule has 2 aromatic rings. The maximum atomic E-state index is 13.9. The van der Waals surface area contributed by atoms with Gasteiger partial charge in [0.1, 0.15) is 18.1 Å². The number of benzene rings is 2. The highest BCUT2D eigenvalue weighted by Gasteiger charge is 2.82. The minimum absolute atomic E-state index is 0.0401. The highest BCUT2D eigenvalue weighted by molar-refractivity contribution is 5.91. The number of anilines is 1. The van der Waals surface area contributed by atoms with E-state index in [9.17, 15) is 54.2 Å². The minimum atomic E-state index is -7.14. The summed E-state index contributed by atoms with van der Waals surface area (Å²) >= 11 is 0. The summed E-state index contributed by atoms with van der Waals surface area (Å²) in [6, 6.07) is 9.52. The van der Waals surface area contributed by atoms with Gasteiger partial charge in [-0.2, -0.15) is 39.5 Å². The number of carboxylic acids is 1. The van der Waals surface area contributed by atoms with Gasteiger partial charge in [0.25, 0.3) is 0 Å². The smallest absolute Gasteiger partial charge is 0.460 e. The molecule has 1 unspecified atom stereocenters. The summed E-state index contributed by atoms with van der Waals surface area (Å²) in [7, 11) is 1.28. The Kier molecular flexibility index (Phi) is 13.0. The Hall–Kier alpha value is -3.93. The van der Waals surface area contributed by atoms with Crippen molar-refractivity contribution in [2.24, 2.45) is 0 Å². The lowest BCUT2D eigenvalue weighted by Crippen LogP contribution is -2.62. The quantitative estimate of drug-likeness (QED) is 0.187. The number of halogens is 9. The van der Waals surface area contributed by atoms with Crippen molar-refractivity contribution in [1.82, 2.24) is 4.90 Å². The average molecular weight is 679 g/mol. The monoisotopic (exact) mass is 678 g/mol. The maximum Gasteiger partial charge on any atom is 0.460 e. The van der Waals surface area contributed by atoms with Crippen LogP contribution in [0.5, 0.6) is 11.5 Å². The number of nitrogens with zero attached hydrogens (tertiary/aromatic N) is 1. The Balaban J connectivity index is 2.16. The number of amides is 2. The van der Waals surface area contributed by atoms with Gasteiger partial charge in [0.05, 0.1) is 25.9 Å². The number of urea groups is 1. The molecule has 18 heteroatoms. The van der Waals surface area contributed by atoms with Gasteiger partial charge in [0.15, 0.2) is 6.10 Å². The molecular formula is C28H31F9N2O7. The summed E-state index contributed by atoms with van der Waals surface area (Å²) in [6.07, 6.45) is -14.4. The van der Waals surface area contributed by atoms with Crippen LogP contribution in [-0.2, 0) is 20.7 Å². The second kappa shape index (κ2) is 15.6. The van der Waals surface area contributed by atoms with Gasteiger partial charge in [-0.1, -0.05) is 18.2 Å². The molecule has 2 amide bonds. The van der Waals surface area contributed by atoms with Crippen molar-refractivity contribution in [3.63, 3.8) is 0 Å². The van der Waals surface area contributed by atoms with E-state index in [2.05, 4.69) is 10.1 Å². The van der Waals surface area contributed by atoms with Crippen LogP contribution < -0.4 is 14.8 Å². The Labute approximate surface area is 257 Å². The first-order chi connectivity index (χ1) is 21.3. The minimum Gasteiger partial charge on any atom is -0.495 e. The summed E-state index contributed by atoms with van der Waals surface area (Å²) < 4.78 is 138. The Morgan fingerprint density at radius 1 is 0.913 bits per heavy atom. The third-order valence-corrected chi connectivity index (χ3v) is 6.26. The number of hydrogen-bond acceptors (Lipinski definition) is 6. The SMILES string of the molecule is CCOC(Cc1ccc(OCCN(CCOC(F)(F)C(F)(F)C(F)(F)C(F)(F)F)C(=O)Nc2cc(C)ccc2OC)cc1)C(=O)O. The van der Waals surface area contributed by atoms with Crippen LogP contribution >= 0.6 is 0 Å². The molecule has 0 aliphatic heterocycles. The zero-order valence-corrected chi connectivity index (χ0v) is 24.6. The Morgan fingerprint density at radius 2 is 1.52 bits per heavy atom. The topological polar surface area (TPSA) is 107 Å². The number of carbonyl (C=O) groups excluding carboxylic acids is 1. The third kappa shape index (κ3) is 9.54. The molecule has 0 spiro atoms. The van der Waals surface area contributed by atoms with Gasteiger partial charge in [0, 0.05) is 19.6 Å². The molecule has 0 fully saturated rings. The van der Waals surface area contributed by atoms with E-state index in [0.717, 1.165) is 0 Å². The summed E-state index contributed by atoms with van der Waals surface area (Å²) in [4.78, 5) is 25.0. The summed E-state index contributed by atoms with van der Waals surface area (Å²) in [5.74, 6) is -14.9. The molecule has 0 aliphatic rings. The van der Waals surface area contributed by atoms with Crippen molar-refractivity contribution in [2.75, 3.05) is 45.3 Å². The molecule has 0 saturated heterocycles. The molecule has 0 aliphatic carbocycles.